The quantitative estimate of drug-likeness (QED) is 0.878. The highest BCUT2D eigenvalue weighted by Crippen LogP contribution is 2.35. The third-order valence-electron chi connectivity index (χ3n) is 4.09. The van der Waals surface area contributed by atoms with Crippen molar-refractivity contribution < 1.29 is 14.3 Å². The van der Waals surface area contributed by atoms with Crippen LogP contribution in [-0.4, -0.2) is 24.2 Å². The molecule has 1 aliphatic heterocycles. The summed E-state index contributed by atoms with van der Waals surface area (Å²) in [5, 5.41) is 1.27. The van der Waals surface area contributed by atoms with E-state index in [0.717, 1.165) is 18.5 Å². The van der Waals surface area contributed by atoms with Crippen LogP contribution in [0.25, 0.3) is 10.9 Å². The van der Waals surface area contributed by atoms with Crippen molar-refractivity contribution >= 4 is 16.9 Å². The van der Waals surface area contributed by atoms with Gasteiger partial charge in [-0.1, -0.05) is 25.1 Å². The van der Waals surface area contributed by atoms with E-state index in [9.17, 15) is 4.79 Å². The molecule has 3 rings (SSSR count). The molecule has 0 bridgehead atoms. The van der Waals surface area contributed by atoms with E-state index >= 15 is 0 Å². The second kappa shape index (κ2) is 5.90. The zero-order valence-electron chi connectivity index (χ0n) is 12.6. The molecule has 2 aromatic rings. The molecule has 0 unspecified atom stereocenters. The number of para-hydroxylation sites is 1. The summed E-state index contributed by atoms with van der Waals surface area (Å²) >= 11 is 0. The van der Waals surface area contributed by atoms with E-state index in [1.54, 1.807) is 0 Å². The summed E-state index contributed by atoms with van der Waals surface area (Å²) in [6.45, 7) is 5.04. The van der Waals surface area contributed by atoms with Gasteiger partial charge in [0.15, 0.2) is 0 Å². The number of H-pyrrole nitrogens is 1. The maximum atomic E-state index is 11.7. The summed E-state index contributed by atoms with van der Waals surface area (Å²) < 4.78 is 10.8. The first kappa shape index (κ1) is 14.1. The van der Waals surface area contributed by atoms with Crippen LogP contribution >= 0.6 is 0 Å². The Morgan fingerprint density at radius 1 is 1.43 bits per heavy atom. The van der Waals surface area contributed by atoms with Crippen molar-refractivity contribution in [1.29, 1.82) is 0 Å². The fourth-order valence-corrected chi connectivity index (χ4v) is 3.11. The minimum atomic E-state index is -0.218. The lowest BCUT2D eigenvalue weighted by Crippen LogP contribution is -2.19. The lowest BCUT2D eigenvalue weighted by atomic mass is 9.99. The van der Waals surface area contributed by atoms with Crippen molar-refractivity contribution in [2.45, 2.75) is 39.2 Å². The number of nitrogens with one attached hydrogen (secondary N) is 1. The molecule has 1 aromatic heterocycles. The number of carbonyl (C=O) groups is 1. The number of fused-ring (bicyclic) bond motifs is 3. The molecule has 0 amide bonds. The smallest absolute Gasteiger partial charge is 0.308 e. The van der Waals surface area contributed by atoms with Gasteiger partial charge in [0.05, 0.1) is 19.6 Å². The molecule has 4 nitrogen and oxygen atoms in total. The van der Waals surface area contributed by atoms with Gasteiger partial charge in [0.2, 0.25) is 0 Å². The number of esters is 1. The molecule has 1 atom stereocenters. The molecule has 0 saturated heterocycles. The van der Waals surface area contributed by atoms with Gasteiger partial charge >= 0.3 is 5.97 Å². The van der Waals surface area contributed by atoms with Crippen molar-refractivity contribution in [3.05, 3.63) is 35.0 Å². The fraction of sp³-hybridized carbons (Fsp3) is 0.471. The molecule has 0 fully saturated rings. The predicted molar refractivity (Wildman–Crippen MR) is 81.3 cm³/mol. The first-order valence-corrected chi connectivity index (χ1v) is 7.64. The monoisotopic (exact) mass is 287 g/mol. The van der Waals surface area contributed by atoms with Gasteiger partial charge in [-0.3, -0.25) is 4.79 Å². The van der Waals surface area contributed by atoms with Gasteiger partial charge in [-0.2, -0.15) is 0 Å². The van der Waals surface area contributed by atoms with Gasteiger partial charge < -0.3 is 14.5 Å². The Kier molecular flexibility index (Phi) is 3.97. The van der Waals surface area contributed by atoms with Crippen LogP contribution in [0.15, 0.2) is 18.2 Å². The second-order valence-corrected chi connectivity index (χ2v) is 5.33. The van der Waals surface area contributed by atoms with Crippen molar-refractivity contribution in [2.75, 3.05) is 13.2 Å². The van der Waals surface area contributed by atoms with Gasteiger partial charge in [0.25, 0.3) is 0 Å². The molecule has 0 aliphatic carbocycles. The van der Waals surface area contributed by atoms with Crippen LogP contribution in [0.5, 0.6) is 0 Å². The molecular formula is C17H21NO3. The van der Waals surface area contributed by atoms with E-state index < -0.39 is 0 Å². The number of hydrogen-bond acceptors (Lipinski definition) is 3. The molecule has 112 valence electrons. The summed E-state index contributed by atoms with van der Waals surface area (Å²) in [5.41, 5.74) is 4.83. The summed E-state index contributed by atoms with van der Waals surface area (Å²) in [4.78, 5) is 15.2. The fourth-order valence-electron chi connectivity index (χ4n) is 3.11. The largest absolute Gasteiger partial charge is 0.466 e. The molecule has 1 aliphatic rings. The number of aromatic nitrogens is 1. The van der Waals surface area contributed by atoms with Crippen LogP contribution in [0, 0.1) is 0 Å². The maximum absolute atomic E-state index is 11.7. The highest BCUT2D eigenvalue weighted by molar-refractivity contribution is 5.88. The van der Waals surface area contributed by atoms with Gasteiger partial charge in [0.1, 0.15) is 6.10 Å². The summed E-state index contributed by atoms with van der Waals surface area (Å²) in [5.74, 6) is -0.204. The summed E-state index contributed by atoms with van der Waals surface area (Å²) in [7, 11) is 0. The topological polar surface area (TPSA) is 51.3 Å². The molecular weight excluding hydrogens is 266 g/mol. The summed E-state index contributed by atoms with van der Waals surface area (Å²) in [6.07, 6.45) is 1.93. The molecule has 0 spiro atoms. The minimum Gasteiger partial charge on any atom is -0.466 e. The lowest BCUT2D eigenvalue weighted by molar-refractivity contribution is -0.146. The second-order valence-electron chi connectivity index (χ2n) is 5.33. The van der Waals surface area contributed by atoms with Gasteiger partial charge in [-0.05, 0) is 30.9 Å². The Morgan fingerprint density at radius 3 is 3.05 bits per heavy atom. The van der Waals surface area contributed by atoms with Gasteiger partial charge in [0, 0.05) is 16.6 Å². The highest BCUT2D eigenvalue weighted by atomic mass is 16.5. The van der Waals surface area contributed by atoms with E-state index in [0.29, 0.717) is 13.2 Å². The van der Waals surface area contributed by atoms with Crippen molar-refractivity contribution in [2.24, 2.45) is 0 Å². The number of benzene rings is 1. The Bertz CT molecular complexity index is 659. The van der Waals surface area contributed by atoms with Gasteiger partial charge in [-0.25, -0.2) is 0 Å². The van der Waals surface area contributed by atoms with Crippen LogP contribution in [0.1, 0.15) is 43.2 Å². The zero-order chi connectivity index (χ0) is 14.8. The molecule has 0 radical (unpaired) electrons. The molecule has 1 N–H and O–H groups in total. The first-order valence-electron chi connectivity index (χ1n) is 7.64. The number of rotatable bonds is 4. The van der Waals surface area contributed by atoms with E-state index in [-0.39, 0.29) is 18.5 Å². The van der Waals surface area contributed by atoms with E-state index in [1.165, 1.54) is 22.0 Å². The number of carbonyl (C=O) groups excluding carboxylic acids is 1. The van der Waals surface area contributed by atoms with Crippen molar-refractivity contribution in [3.8, 4) is 0 Å². The molecule has 21 heavy (non-hydrogen) atoms. The Morgan fingerprint density at radius 2 is 2.29 bits per heavy atom. The predicted octanol–water partition coefficient (Wildman–Crippen LogP) is 3.30. The lowest BCUT2D eigenvalue weighted by Gasteiger charge is -2.22. The minimum absolute atomic E-state index is 0.204. The Balaban J connectivity index is 1.99. The highest BCUT2D eigenvalue weighted by Gasteiger charge is 2.27. The first-order chi connectivity index (χ1) is 10.2. The third-order valence-corrected chi connectivity index (χ3v) is 4.09. The standard InChI is InChI=1S/C17H21NO3/c1-3-11-6-5-7-12-13-8-9-21-14(10-15(19)20-4-2)17(13)18-16(11)12/h5-7,14,18H,3-4,8-10H2,1-2H3/t14-/m1/s1. The van der Waals surface area contributed by atoms with Crippen LogP contribution in [0.4, 0.5) is 0 Å². The average Bonchev–Trinajstić information content (AvgIpc) is 2.87. The summed E-state index contributed by atoms with van der Waals surface area (Å²) in [6, 6.07) is 6.40. The van der Waals surface area contributed by atoms with Crippen LogP contribution < -0.4 is 0 Å². The molecule has 1 aromatic carbocycles. The number of aryl methyl sites for hydroxylation is 1. The third kappa shape index (κ3) is 2.56. The number of hydrogen-bond donors (Lipinski definition) is 1. The van der Waals surface area contributed by atoms with Crippen molar-refractivity contribution in [3.63, 3.8) is 0 Å². The van der Waals surface area contributed by atoms with Crippen molar-refractivity contribution in [1.82, 2.24) is 4.98 Å². The molecule has 4 heteroatoms. The normalized spacial score (nSPS) is 17.7. The molecule has 0 saturated carbocycles. The number of aromatic amines is 1. The zero-order valence-corrected chi connectivity index (χ0v) is 12.6. The van der Waals surface area contributed by atoms with Crippen LogP contribution in [-0.2, 0) is 27.1 Å². The van der Waals surface area contributed by atoms with Crippen LogP contribution in [0.2, 0.25) is 0 Å². The number of ether oxygens (including phenoxy) is 2. The Hall–Kier alpha value is -1.81. The van der Waals surface area contributed by atoms with E-state index in [4.69, 9.17) is 9.47 Å². The van der Waals surface area contributed by atoms with Gasteiger partial charge in [-0.15, -0.1) is 0 Å². The van der Waals surface area contributed by atoms with E-state index in [1.807, 2.05) is 6.92 Å². The average molecular weight is 287 g/mol. The molecule has 2 heterocycles. The SMILES string of the molecule is CCOC(=O)C[C@H]1OCCc2c1[nH]c1c(CC)cccc21. The maximum Gasteiger partial charge on any atom is 0.308 e. The van der Waals surface area contributed by atoms with E-state index in [2.05, 4.69) is 30.1 Å². The Labute approximate surface area is 124 Å². The van der Waals surface area contributed by atoms with Crippen LogP contribution in [0.3, 0.4) is 0 Å².